The maximum absolute atomic E-state index is 2.41. The number of fused-ring (bicyclic) bond motifs is 1. The molecule has 44 heavy (non-hydrogen) atoms. The molecule has 0 radical (unpaired) electrons. The van der Waals surface area contributed by atoms with Gasteiger partial charge < -0.3 is 0 Å². The summed E-state index contributed by atoms with van der Waals surface area (Å²) in [5.74, 6) is 0. The van der Waals surface area contributed by atoms with Crippen LogP contribution in [0.25, 0.3) is 33.0 Å². The molecule has 210 valence electrons. The van der Waals surface area contributed by atoms with E-state index in [2.05, 4.69) is 208 Å². The average Bonchev–Trinajstić information content (AvgIpc) is 3.11. The number of nitrogens with zero attached hydrogens (tertiary/aromatic N) is 1. The molecular formula is C42H30IN. The predicted molar refractivity (Wildman–Crippen MR) is 196 cm³/mol. The van der Waals surface area contributed by atoms with E-state index >= 15 is 0 Å². The van der Waals surface area contributed by atoms with E-state index in [-0.39, 0.29) is 0 Å². The molecule has 0 aliphatic carbocycles. The van der Waals surface area contributed by atoms with Crippen LogP contribution in [0.3, 0.4) is 0 Å². The first-order valence-corrected chi connectivity index (χ1v) is 15.8. The minimum Gasteiger partial charge on any atom is -0.282 e. The normalized spacial score (nSPS) is 10.8. The van der Waals surface area contributed by atoms with Crippen LogP contribution in [-0.2, 0) is 0 Å². The highest BCUT2D eigenvalue weighted by Crippen LogP contribution is 2.39. The van der Waals surface area contributed by atoms with Gasteiger partial charge in [0.15, 0.2) is 0 Å². The van der Waals surface area contributed by atoms with Crippen LogP contribution < -0.4 is 3.11 Å². The lowest BCUT2D eigenvalue weighted by molar-refractivity contribution is 1.48. The van der Waals surface area contributed by atoms with Crippen LogP contribution in [-0.4, -0.2) is 0 Å². The van der Waals surface area contributed by atoms with E-state index in [1.54, 1.807) is 0 Å². The van der Waals surface area contributed by atoms with Crippen molar-refractivity contribution < 1.29 is 0 Å². The molecule has 7 aromatic carbocycles. The van der Waals surface area contributed by atoms with Crippen LogP contribution in [0.5, 0.6) is 0 Å². The first-order valence-electron chi connectivity index (χ1n) is 14.8. The summed E-state index contributed by atoms with van der Waals surface area (Å²) >= 11 is 2.41. The van der Waals surface area contributed by atoms with Crippen molar-refractivity contribution in [2.45, 2.75) is 0 Å². The minimum atomic E-state index is 1.15. The van der Waals surface area contributed by atoms with Crippen LogP contribution in [0.2, 0.25) is 0 Å². The Bertz CT molecular complexity index is 1980. The number of hydrogen-bond donors (Lipinski definition) is 0. The number of hydrogen-bond acceptors (Lipinski definition) is 1. The van der Waals surface area contributed by atoms with E-state index in [0.29, 0.717) is 0 Å². The van der Waals surface area contributed by atoms with Crippen LogP contribution in [0.4, 0.5) is 11.4 Å². The van der Waals surface area contributed by atoms with Gasteiger partial charge in [-0.25, -0.2) is 0 Å². The molecule has 0 aromatic heterocycles. The van der Waals surface area contributed by atoms with Gasteiger partial charge in [0.1, 0.15) is 0 Å². The second-order valence-corrected chi connectivity index (χ2v) is 11.7. The summed E-state index contributed by atoms with van der Waals surface area (Å²) in [5, 5.41) is 2.49. The van der Waals surface area contributed by atoms with E-state index < -0.39 is 0 Å². The number of halogens is 1. The molecule has 7 aromatic rings. The fourth-order valence-corrected chi connectivity index (χ4v) is 6.60. The van der Waals surface area contributed by atoms with Gasteiger partial charge in [0.2, 0.25) is 0 Å². The van der Waals surface area contributed by atoms with Crippen molar-refractivity contribution in [3.05, 3.63) is 204 Å². The van der Waals surface area contributed by atoms with Crippen molar-refractivity contribution in [2.75, 3.05) is 3.11 Å². The van der Waals surface area contributed by atoms with Crippen molar-refractivity contribution in [3.8, 4) is 11.1 Å². The van der Waals surface area contributed by atoms with Crippen molar-refractivity contribution >= 4 is 56.2 Å². The Morgan fingerprint density at radius 2 is 0.773 bits per heavy atom. The molecule has 0 bridgehead atoms. The molecule has 0 saturated heterocycles. The molecule has 1 nitrogen and oxygen atoms in total. The van der Waals surface area contributed by atoms with Crippen LogP contribution in [0.15, 0.2) is 182 Å². The molecule has 7 rings (SSSR count). The third-order valence-corrected chi connectivity index (χ3v) is 9.09. The van der Waals surface area contributed by atoms with Gasteiger partial charge >= 0.3 is 0 Å². The molecule has 0 aliphatic rings. The maximum Gasteiger partial charge on any atom is 0.0646 e. The SMILES string of the molecule is IN(c1ccc(-c2ccc(C(=C(c3ccccc3)c3ccccc3)c3ccccc3)cc2)cc1)c1cccc2ccccc12. The lowest BCUT2D eigenvalue weighted by Crippen LogP contribution is -2.01. The molecule has 0 heterocycles. The number of anilines is 2. The molecule has 0 aliphatic heterocycles. The number of rotatable bonds is 7. The molecular weight excluding hydrogens is 645 g/mol. The van der Waals surface area contributed by atoms with Gasteiger partial charge in [-0.2, -0.15) is 0 Å². The van der Waals surface area contributed by atoms with Gasteiger partial charge in [-0.3, -0.25) is 3.11 Å². The van der Waals surface area contributed by atoms with Gasteiger partial charge in [-0.15, -0.1) is 0 Å². The molecule has 2 heteroatoms. The Morgan fingerprint density at radius 1 is 0.364 bits per heavy atom. The fraction of sp³-hybridized carbons (Fsp3) is 0. The van der Waals surface area contributed by atoms with Crippen LogP contribution >= 0.6 is 22.9 Å². The van der Waals surface area contributed by atoms with Gasteiger partial charge in [0.05, 0.1) is 34.2 Å². The van der Waals surface area contributed by atoms with E-state index in [1.165, 1.54) is 61.0 Å². The fourth-order valence-electron chi connectivity index (χ4n) is 5.86. The molecule has 0 fully saturated rings. The third kappa shape index (κ3) is 5.69. The van der Waals surface area contributed by atoms with E-state index in [9.17, 15) is 0 Å². The predicted octanol–water partition coefficient (Wildman–Crippen LogP) is 12.0. The van der Waals surface area contributed by atoms with E-state index in [1.807, 2.05) is 0 Å². The Kier molecular flexibility index (Phi) is 8.07. The van der Waals surface area contributed by atoms with Crippen molar-refractivity contribution in [3.63, 3.8) is 0 Å². The highest BCUT2D eigenvalue weighted by atomic mass is 127. The summed E-state index contributed by atoms with van der Waals surface area (Å²) in [4.78, 5) is 0. The third-order valence-electron chi connectivity index (χ3n) is 8.02. The largest absolute Gasteiger partial charge is 0.282 e. The summed E-state index contributed by atoms with van der Waals surface area (Å²) in [5.41, 5.74) is 12.0. The summed E-state index contributed by atoms with van der Waals surface area (Å²) in [6, 6.07) is 65.0. The standard InChI is InChI=1S/C42H30IN/c43-44(40-22-12-20-33-13-10-11-21-39(33)40)38-29-27-32(28-30-38)31-23-25-37(26-24-31)42(36-18-8-3-9-19-36)41(34-14-4-1-5-15-34)35-16-6-2-7-17-35/h1-30H. The van der Waals surface area contributed by atoms with Crippen molar-refractivity contribution in [2.24, 2.45) is 0 Å². The quantitative estimate of drug-likeness (QED) is 0.0923. The molecule has 0 saturated carbocycles. The van der Waals surface area contributed by atoms with Gasteiger partial charge in [-0.1, -0.05) is 164 Å². The first-order chi connectivity index (χ1) is 21.8. The first kappa shape index (κ1) is 27.9. The zero-order valence-corrected chi connectivity index (χ0v) is 26.3. The summed E-state index contributed by atoms with van der Waals surface area (Å²) in [7, 11) is 0. The Hall–Kier alpha value is -4.93. The van der Waals surface area contributed by atoms with Crippen LogP contribution in [0, 0.1) is 0 Å². The van der Waals surface area contributed by atoms with Gasteiger partial charge in [0, 0.05) is 5.39 Å². The zero-order valence-electron chi connectivity index (χ0n) is 24.1. The summed E-state index contributed by atoms with van der Waals surface area (Å²) < 4.78 is 2.23. The maximum atomic E-state index is 2.41. The lowest BCUT2D eigenvalue weighted by Gasteiger charge is -2.19. The number of benzene rings is 7. The van der Waals surface area contributed by atoms with E-state index in [4.69, 9.17) is 0 Å². The molecule has 0 amide bonds. The second-order valence-electron chi connectivity index (χ2n) is 10.8. The minimum absolute atomic E-state index is 1.15. The average molecular weight is 676 g/mol. The monoisotopic (exact) mass is 675 g/mol. The highest BCUT2D eigenvalue weighted by Gasteiger charge is 2.16. The molecule has 0 spiro atoms. The van der Waals surface area contributed by atoms with Crippen molar-refractivity contribution in [1.29, 1.82) is 0 Å². The summed E-state index contributed by atoms with van der Waals surface area (Å²) in [6.45, 7) is 0. The molecule has 0 unspecified atom stereocenters. The Balaban J connectivity index is 1.26. The van der Waals surface area contributed by atoms with Crippen molar-refractivity contribution in [1.82, 2.24) is 0 Å². The van der Waals surface area contributed by atoms with Gasteiger partial charge in [0.25, 0.3) is 0 Å². The zero-order chi connectivity index (χ0) is 29.7. The lowest BCUT2D eigenvalue weighted by atomic mass is 9.85. The second kappa shape index (κ2) is 12.7. The molecule has 0 N–H and O–H groups in total. The topological polar surface area (TPSA) is 3.24 Å². The van der Waals surface area contributed by atoms with Crippen LogP contribution in [0.1, 0.15) is 22.3 Å². The molecule has 0 atom stereocenters. The highest BCUT2D eigenvalue weighted by molar-refractivity contribution is 14.1. The Labute approximate surface area is 273 Å². The van der Waals surface area contributed by atoms with E-state index in [0.717, 1.165) is 5.69 Å². The smallest absolute Gasteiger partial charge is 0.0646 e. The van der Waals surface area contributed by atoms with Gasteiger partial charge in [-0.05, 0) is 68.1 Å². The Morgan fingerprint density at radius 3 is 1.30 bits per heavy atom. The summed E-state index contributed by atoms with van der Waals surface area (Å²) in [6.07, 6.45) is 0.